The molecule has 0 saturated carbocycles. The van der Waals surface area contributed by atoms with Crippen LogP contribution in [0.3, 0.4) is 0 Å². The minimum Gasteiger partial charge on any atom is -0.340 e. The van der Waals surface area contributed by atoms with E-state index in [1.165, 1.54) is 11.8 Å². The van der Waals surface area contributed by atoms with E-state index in [4.69, 9.17) is 0 Å². The number of nitrogens with one attached hydrogen (secondary N) is 2. The third kappa shape index (κ3) is 5.74. The van der Waals surface area contributed by atoms with Crippen LogP contribution in [0, 0.1) is 0 Å². The van der Waals surface area contributed by atoms with E-state index >= 15 is 0 Å². The summed E-state index contributed by atoms with van der Waals surface area (Å²) in [5.41, 5.74) is 2.68. The average Bonchev–Trinajstić information content (AvgIpc) is 2.54. The molecule has 5 nitrogen and oxygen atoms in total. The highest BCUT2D eigenvalue weighted by Crippen LogP contribution is 2.30. The van der Waals surface area contributed by atoms with Crippen LogP contribution in [0.2, 0.25) is 0 Å². The van der Waals surface area contributed by atoms with Gasteiger partial charge in [0.2, 0.25) is 10.0 Å². The van der Waals surface area contributed by atoms with Gasteiger partial charge in [0.15, 0.2) is 0 Å². The van der Waals surface area contributed by atoms with Gasteiger partial charge >= 0.3 is 0 Å². The maximum atomic E-state index is 11.9. The molecule has 0 aliphatic carbocycles. The fraction of sp³-hybridized carbons (Fsp3) is 0.421. The van der Waals surface area contributed by atoms with Gasteiger partial charge in [-0.15, -0.1) is 0 Å². The first-order valence-corrected chi connectivity index (χ1v) is 10.2. The van der Waals surface area contributed by atoms with Crippen molar-refractivity contribution in [2.45, 2.75) is 46.0 Å². The number of hydrogen-bond acceptors (Lipinski definition) is 4. The van der Waals surface area contributed by atoms with Crippen molar-refractivity contribution >= 4 is 27.2 Å². The Hall–Kier alpha value is -2.08. The summed E-state index contributed by atoms with van der Waals surface area (Å²) in [6.07, 6.45) is 3.02. The summed E-state index contributed by atoms with van der Waals surface area (Å²) in [6, 6.07) is 11.6. The molecule has 0 spiro atoms. The molecule has 1 aromatic carbocycles. The van der Waals surface area contributed by atoms with Crippen LogP contribution in [0.4, 0.5) is 17.2 Å². The zero-order valence-corrected chi connectivity index (χ0v) is 16.2. The summed E-state index contributed by atoms with van der Waals surface area (Å²) in [6.45, 7) is 8.45. The van der Waals surface area contributed by atoms with Crippen molar-refractivity contribution in [3.05, 3.63) is 48.2 Å². The summed E-state index contributed by atoms with van der Waals surface area (Å²) in [4.78, 5) is 4.32. The first kappa shape index (κ1) is 19.2. The second-order valence-corrected chi connectivity index (χ2v) is 8.97. The van der Waals surface area contributed by atoms with Crippen LogP contribution < -0.4 is 10.0 Å². The Morgan fingerprint density at radius 1 is 1.08 bits per heavy atom. The Morgan fingerprint density at radius 2 is 1.80 bits per heavy atom. The number of para-hydroxylation sites is 1. The van der Waals surface area contributed by atoms with E-state index < -0.39 is 10.0 Å². The van der Waals surface area contributed by atoms with E-state index in [9.17, 15) is 8.42 Å². The smallest absolute Gasteiger partial charge is 0.232 e. The summed E-state index contributed by atoms with van der Waals surface area (Å²) >= 11 is 0. The minimum absolute atomic E-state index is 0.0123. The molecule has 136 valence electrons. The fourth-order valence-electron chi connectivity index (χ4n) is 2.48. The van der Waals surface area contributed by atoms with Crippen molar-refractivity contribution in [3.8, 4) is 0 Å². The molecule has 0 aliphatic heterocycles. The second-order valence-electron chi connectivity index (χ2n) is 7.13. The van der Waals surface area contributed by atoms with Crippen molar-refractivity contribution in [2.24, 2.45) is 0 Å². The normalized spacial score (nSPS) is 12.0. The third-order valence-electron chi connectivity index (χ3n) is 3.80. The monoisotopic (exact) mass is 361 g/mol. The summed E-state index contributed by atoms with van der Waals surface area (Å²) in [5, 5.41) is 3.32. The first-order valence-electron chi connectivity index (χ1n) is 8.54. The molecule has 1 aromatic heterocycles. The number of pyridine rings is 1. The molecule has 0 saturated heterocycles. The molecule has 0 aliphatic rings. The number of nitrogens with zero attached hydrogens (tertiary/aromatic N) is 1. The molecule has 2 aromatic rings. The van der Waals surface area contributed by atoms with Gasteiger partial charge in [0.05, 0.1) is 17.6 Å². The Morgan fingerprint density at radius 3 is 2.40 bits per heavy atom. The van der Waals surface area contributed by atoms with Crippen LogP contribution in [-0.2, 0) is 15.4 Å². The molecule has 1 heterocycles. The summed E-state index contributed by atoms with van der Waals surface area (Å²) in [7, 11) is -3.31. The lowest BCUT2D eigenvalue weighted by Crippen LogP contribution is -2.16. The molecule has 0 amide bonds. The summed E-state index contributed by atoms with van der Waals surface area (Å²) < 4.78 is 26.4. The maximum Gasteiger partial charge on any atom is 0.232 e. The number of sulfonamides is 1. The second kappa shape index (κ2) is 7.87. The number of unbranched alkanes of at least 4 members (excludes halogenated alkanes) is 1. The van der Waals surface area contributed by atoms with E-state index in [2.05, 4.69) is 41.9 Å². The molecule has 2 N–H and O–H groups in total. The Bertz CT molecular complexity index is 794. The number of anilines is 3. The zero-order valence-electron chi connectivity index (χ0n) is 15.3. The molecule has 25 heavy (non-hydrogen) atoms. The molecular weight excluding hydrogens is 334 g/mol. The molecule has 0 atom stereocenters. The topological polar surface area (TPSA) is 71.1 Å². The highest BCUT2D eigenvalue weighted by atomic mass is 32.2. The highest BCUT2D eigenvalue weighted by molar-refractivity contribution is 7.92. The van der Waals surface area contributed by atoms with Crippen molar-refractivity contribution < 1.29 is 8.42 Å². The van der Waals surface area contributed by atoms with Crippen molar-refractivity contribution in [3.63, 3.8) is 0 Å². The van der Waals surface area contributed by atoms with Crippen LogP contribution in [0.1, 0.15) is 46.1 Å². The number of benzene rings is 1. The van der Waals surface area contributed by atoms with Crippen molar-refractivity contribution in [1.82, 2.24) is 4.98 Å². The SMILES string of the molecule is CCCCS(=O)(=O)Nc1ccc(Nc2ccccc2C(C)(C)C)nc1. The Balaban J connectivity index is 2.12. The predicted molar refractivity (Wildman–Crippen MR) is 105 cm³/mol. The van der Waals surface area contributed by atoms with Crippen molar-refractivity contribution in [1.29, 1.82) is 0 Å². The third-order valence-corrected chi connectivity index (χ3v) is 5.17. The van der Waals surface area contributed by atoms with Crippen LogP contribution in [0.15, 0.2) is 42.6 Å². The number of aromatic nitrogens is 1. The molecule has 6 heteroatoms. The average molecular weight is 362 g/mol. The molecule has 0 unspecified atom stereocenters. The molecule has 0 fully saturated rings. The molecule has 0 radical (unpaired) electrons. The van der Waals surface area contributed by atoms with Crippen LogP contribution in [0.5, 0.6) is 0 Å². The van der Waals surface area contributed by atoms with E-state index in [-0.39, 0.29) is 11.2 Å². The van der Waals surface area contributed by atoms with E-state index in [1.807, 2.05) is 25.1 Å². The van der Waals surface area contributed by atoms with Gasteiger partial charge in [-0.2, -0.15) is 0 Å². The fourth-order valence-corrected chi connectivity index (χ4v) is 3.73. The molecule has 0 bridgehead atoms. The lowest BCUT2D eigenvalue weighted by Gasteiger charge is -2.23. The lowest BCUT2D eigenvalue weighted by molar-refractivity contribution is 0.592. The van der Waals surface area contributed by atoms with Gasteiger partial charge < -0.3 is 5.32 Å². The van der Waals surface area contributed by atoms with Gasteiger partial charge in [0.1, 0.15) is 5.82 Å². The molecule has 2 rings (SSSR count). The zero-order chi connectivity index (χ0) is 18.5. The van der Waals surface area contributed by atoms with Gasteiger partial charge in [0.25, 0.3) is 0 Å². The van der Waals surface area contributed by atoms with Crippen molar-refractivity contribution in [2.75, 3.05) is 15.8 Å². The van der Waals surface area contributed by atoms with Gasteiger partial charge in [-0.05, 0) is 35.6 Å². The number of hydrogen-bond donors (Lipinski definition) is 2. The minimum atomic E-state index is -3.31. The number of rotatable bonds is 7. The lowest BCUT2D eigenvalue weighted by atomic mass is 9.86. The van der Waals surface area contributed by atoms with Gasteiger partial charge in [0, 0.05) is 5.69 Å². The van der Waals surface area contributed by atoms with Crippen LogP contribution in [-0.4, -0.2) is 19.2 Å². The first-order chi connectivity index (χ1) is 11.7. The highest BCUT2D eigenvalue weighted by Gasteiger charge is 2.17. The molecular formula is C19H27N3O2S. The Kier molecular flexibility index (Phi) is 6.06. The van der Waals surface area contributed by atoms with Crippen LogP contribution in [0.25, 0.3) is 0 Å². The standard InChI is InChI=1S/C19H27N3O2S/c1-5-6-13-25(23,24)22-15-11-12-18(20-14-15)21-17-10-8-7-9-16(17)19(2,3)4/h7-12,14,22H,5-6,13H2,1-4H3,(H,20,21). The quantitative estimate of drug-likeness (QED) is 0.752. The summed E-state index contributed by atoms with van der Waals surface area (Å²) in [5.74, 6) is 0.802. The van der Waals surface area contributed by atoms with E-state index in [0.29, 0.717) is 17.9 Å². The predicted octanol–water partition coefficient (Wildman–Crippen LogP) is 4.66. The van der Waals surface area contributed by atoms with Gasteiger partial charge in [-0.3, -0.25) is 4.72 Å². The van der Waals surface area contributed by atoms with E-state index in [0.717, 1.165) is 12.1 Å². The van der Waals surface area contributed by atoms with Crippen LogP contribution >= 0.6 is 0 Å². The van der Waals surface area contributed by atoms with Gasteiger partial charge in [-0.25, -0.2) is 13.4 Å². The Labute approximate surface area is 150 Å². The van der Waals surface area contributed by atoms with E-state index in [1.54, 1.807) is 12.1 Å². The largest absolute Gasteiger partial charge is 0.340 e. The maximum absolute atomic E-state index is 11.9. The van der Waals surface area contributed by atoms with Gasteiger partial charge in [-0.1, -0.05) is 52.3 Å².